The van der Waals surface area contributed by atoms with Crippen molar-refractivity contribution in [3.8, 4) is 5.75 Å². The van der Waals surface area contributed by atoms with Gasteiger partial charge < -0.3 is 10.5 Å². The summed E-state index contributed by atoms with van der Waals surface area (Å²) in [6.07, 6.45) is 0. The summed E-state index contributed by atoms with van der Waals surface area (Å²) in [4.78, 5) is 9.05. The Balaban J connectivity index is 2.12. The molecule has 3 rings (SSSR count). The Morgan fingerprint density at radius 2 is 1.82 bits per heavy atom. The van der Waals surface area contributed by atoms with Crippen molar-refractivity contribution >= 4 is 26.8 Å². The van der Waals surface area contributed by atoms with Gasteiger partial charge in [-0.15, -0.1) is 0 Å². The van der Waals surface area contributed by atoms with Crippen LogP contribution in [0.2, 0.25) is 0 Å². The molecule has 0 aliphatic heterocycles. The zero-order chi connectivity index (χ0) is 15.7. The highest BCUT2D eigenvalue weighted by molar-refractivity contribution is 9.10. The molecule has 1 unspecified atom stereocenters. The number of benzene rings is 2. The van der Waals surface area contributed by atoms with Gasteiger partial charge in [0.1, 0.15) is 11.6 Å². The highest BCUT2D eigenvalue weighted by Gasteiger charge is 2.16. The first-order valence-corrected chi connectivity index (χ1v) is 7.71. The summed E-state index contributed by atoms with van der Waals surface area (Å²) in [7, 11) is 1.65. The average molecular weight is 358 g/mol. The van der Waals surface area contributed by atoms with Gasteiger partial charge >= 0.3 is 0 Å². The summed E-state index contributed by atoms with van der Waals surface area (Å²) >= 11 is 3.50. The molecule has 0 radical (unpaired) electrons. The lowest BCUT2D eigenvalue weighted by atomic mass is 10.0. The Hall–Kier alpha value is -1.98. The predicted octanol–water partition coefficient (Wildman–Crippen LogP) is 3.76. The first kappa shape index (κ1) is 14.9. The minimum Gasteiger partial charge on any atom is -0.497 e. The van der Waals surface area contributed by atoms with Gasteiger partial charge in [-0.1, -0.05) is 28.1 Å². The van der Waals surface area contributed by atoms with Crippen LogP contribution in [0.15, 0.2) is 46.9 Å². The van der Waals surface area contributed by atoms with Crippen molar-refractivity contribution in [1.29, 1.82) is 0 Å². The van der Waals surface area contributed by atoms with E-state index in [-0.39, 0.29) is 6.04 Å². The lowest BCUT2D eigenvalue weighted by Gasteiger charge is -2.15. The summed E-state index contributed by atoms with van der Waals surface area (Å²) < 4.78 is 6.17. The fraction of sp³-hybridized carbons (Fsp3) is 0.176. The van der Waals surface area contributed by atoms with E-state index >= 15 is 0 Å². The van der Waals surface area contributed by atoms with Crippen molar-refractivity contribution in [2.45, 2.75) is 13.0 Å². The van der Waals surface area contributed by atoms with Crippen LogP contribution in [0.4, 0.5) is 0 Å². The standard InChI is InChI=1S/C17H16BrN3O/c1-10-20-15-8-5-12(18)9-14(15)17(21-10)16(19)11-3-6-13(22-2)7-4-11/h3-9,16H,19H2,1-2H3. The lowest BCUT2D eigenvalue weighted by molar-refractivity contribution is 0.414. The first-order valence-electron chi connectivity index (χ1n) is 6.92. The zero-order valence-electron chi connectivity index (χ0n) is 12.4. The monoisotopic (exact) mass is 357 g/mol. The molecule has 2 aromatic carbocycles. The lowest BCUT2D eigenvalue weighted by Crippen LogP contribution is -2.15. The van der Waals surface area contributed by atoms with E-state index in [4.69, 9.17) is 10.5 Å². The number of methoxy groups -OCH3 is 1. The number of rotatable bonds is 3. The average Bonchev–Trinajstić information content (AvgIpc) is 2.54. The van der Waals surface area contributed by atoms with Gasteiger partial charge in [0.2, 0.25) is 0 Å². The highest BCUT2D eigenvalue weighted by Crippen LogP contribution is 2.28. The van der Waals surface area contributed by atoms with E-state index in [2.05, 4.69) is 25.9 Å². The van der Waals surface area contributed by atoms with Crippen LogP contribution in [0.25, 0.3) is 10.9 Å². The number of aromatic nitrogens is 2. The molecule has 0 saturated carbocycles. The van der Waals surface area contributed by atoms with Crippen LogP contribution in [0.3, 0.4) is 0 Å². The van der Waals surface area contributed by atoms with Crippen molar-refractivity contribution in [3.05, 3.63) is 64.0 Å². The molecular weight excluding hydrogens is 342 g/mol. The largest absolute Gasteiger partial charge is 0.497 e. The number of nitrogens with zero attached hydrogens (tertiary/aromatic N) is 2. The molecular formula is C17H16BrN3O. The highest BCUT2D eigenvalue weighted by atomic mass is 79.9. The number of hydrogen-bond acceptors (Lipinski definition) is 4. The molecule has 0 bridgehead atoms. The third kappa shape index (κ3) is 2.82. The normalized spacial score (nSPS) is 12.4. The molecule has 3 aromatic rings. The van der Waals surface area contributed by atoms with Gasteiger partial charge in [0, 0.05) is 9.86 Å². The minimum atomic E-state index is -0.315. The Labute approximate surface area is 137 Å². The second-order valence-corrected chi connectivity index (χ2v) is 5.98. The Kier molecular flexibility index (Phi) is 4.09. The third-order valence-electron chi connectivity index (χ3n) is 3.57. The molecule has 0 amide bonds. The van der Waals surface area contributed by atoms with Gasteiger partial charge in [-0.2, -0.15) is 0 Å². The Morgan fingerprint density at radius 1 is 1.09 bits per heavy atom. The summed E-state index contributed by atoms with van der Waals surface area (Å²) in [5, 5.41) is 0.961. The van der Waals surface area contributed by atoms with Crippen molar-refractivity contribution in [2.24, 2.45) is 5.73 Å². The predicted molar refractivity (Wildman–Crippen MR) is 91.0 cm³/mol. The van der Waals surface area contributed by atoms with Gasteiger partial charge in [-0.3, -0.25) is 0 Å². The molecule has 1 atom stereocenters. The van der Waals surface area contributed by atoms with Gasteiger partial charge in [0.05, 0.1) is 24.4 Å². The van der Waals surface area contributed by atoms with Gasteiger partial charge in [0.25, 0.3) is 0 Å². The Bertz CT molecular complexity index is 818. The summed E-state index contributed by atoms with van der Waals surface area (Å²) in [6, 6.07) is 13.4. The summed E-state index contributed by atoms with van der Waals surface area (Å²) in [6.45, 7) is 1.88. The van der Waals surface area contributed by atoms with Crippen molar-refractivity contribution in [1.82, 2.24) is 9.97 Å². The summed E-state index contributed by atoms with van der Waals surface area (Å²) in [5.41, 5.74) is 9.16. The second-order valence-electron chi connectivity index (χ2n) is 5.07. The van der Waals surface area contributed by atoms with Crippen LogP contribution in [-0.4, -0.2) is 17.1 Å². The first-order chi connectivity index (χ1) is 10.6. The molecule has 2 N–H and O–H groups in total. The maximum Gasteiger partial charge on any atom is 0.126 e. The van der Waals surface area contributed by atoms with E-state index < -0.39 is 0 Å². The van der Waals surface area contributed by atoms with Crippen LogP contribution in [0.1, 0.15) is 23.1 Å². The molecule has 5 heteroatoms. The Morgan fingerprint density at radius 3 is 2.50 bits per heavy atom. The topological polar surface area (TPSA) is 61.0 Å². The SMILES string of the molecule is COc1ccc(C(N)c2nc(C)nc3ccc(Br)cc23)cc1. The number of hydrogen-bond donors (Lipinski definition) is 1. The van der Waals surface area contributed by atoms with Crippen LogP contribution < -0.4 is 10.5 Å². The van der Waals surface area contributed by atoms with E-state index in [0.717, 1.165) is 32.4 Å². The minimum absolute atomic E-state index is 0.315. The molecule has 0 aliphatic rings. The van der Waals surface area contributed by atoms with Gasteiger partial charge in [-0.25, -0.2) is 9.97 Å². The molecule has 4 nitrogen and oxygen atoms in total. The number of fused-ring (bicyclic) bond motifs is 1. The quantitative estimate of drug-likeness (QED) is 0.775. The number of aryl methyl sites for hydroxylation is 1. The zero-order valence-corrected chi connectivity index (χ0v) is 14.0. The smallest absolute Gasteiger partial charge is 0.126 e. The van der Waals surface area contributed by atoms with E-state index in [1.165, 1.54) is 0 Å². The van der Waals surface area contributed by atoms with E-state index in [1.807, 2.05) is 49.4 Å². The maximum atomic E-state index is 6.45. The van der Waals surface area contributed by atoms with Crippen molar-refractivity contribution in [2.75, 3.05) is 7.11 Å². The van der Waals surface area contributed by atoms with Gasteiger partial charge in [0.15, 0.2) is 0 Å². The van der Waals surface area contributed by atoms with Crippen LogP contribution in [-0.2, 0) is 0 Å². The summed E-state index contributed by atoms with van der Waals surface area (Å²) in [5.74, 6) is 1.52. The molecule has 0 spiro atoms. The molecule has 1 heterocycles. The number of halogens is 1. The molecule has 22 heavy (non-hydrogen) atoms. The molecule has 0 saturated heterocycles. The second kappa shape index (κ2) is 6.02. The third-order valence-corrected chi connectivity index (χ3v) is 4.06. The molecule has 1 aromatic heterocycles. The van der Waals surface area contributed by atoms with E-state index in [0.29, 0.717) is 5.82 Å². The van der Waals surface area contributed by atoms with Crippen LogP contribution in [0, 0.1) is 6.92 Å². The molecule has 112 valence electrons. The van der Waals surface area contributed by atoms with Crippen molar-refractivity contribution in [3.63, 3.8) is 0 Å². The maximum absolute atomic E-state index is 6.45. The van der Waals surface area contributed by atoms with Crippen molar-refractivity contribution < 1.29 is 4.74 Å². The number of ether oxygens (including phenoxy) is 1. The molecule has 0 fully saturated rings. The number of nitrogens with two attached hydrogens (primary N) is 1. The van der Waals surface area contributed by atoms with Crippen LogP contribution >= 0.6 is 15.9 Å². The molecule has 0 aliphatic carbocycles. The van der Waals surface area contributed by atoms with Crippen LogP contribution in [0.5, 0.6) is 5.75 Å². The van der Waals surface area contributed by atoms with E-state index in [9.17, 15) is 0 Å². The fourth-order valence-corrected chi connectivity index (χ4v) is 2.81. The fourth-order valence-electron chi connectivity index (χ4n) is 2.45. The van der Waals surface area contributed by atoms with E-state index in [1.54, 1.807) is 7.11 Å². The van der Waals surface area contributed by atoms with Gasteiger partial charge in [-0.05, 0) is 42.8 Å².